The molecule has 1 unspecified atom stereocenters. The molecular formula is C60H56Cl2FNO15S2. The number of aryl methyl sites for hydroxylation is 2. The lowest BCUT2D eigenvalue weighted by Crippen LogP contribution is -2.17. The number of carbonyl (C=O) groups is 6. The zero-order chi connectivity index (χ0) is 60.7. The van der Waals surface area contributed by atoms with Crippen molar-refractivity contribution in [2.75, 3.05) is 12.9 Å². The van der Waals surface area contributed by atoms with Crippen LogP contribution < -0.4 is 4.74 Å². The molecule has 1 heterocycles. The Morgan fingerprint density at radius 1 is 0.679 bits per heavy atom. The number of rotatable bonds is 13. The monoisotopic (exact) mass is 1180 g/mol. The number of nitrogens with zero attached hydrogens (tertiary/aromatic N) is 1. The van der Waals surface area contributed by atoms with Gasteiger partial charge in [-0.2, -0.15) is 5.26 Å². The molecule has 81 heavy (non-hydrogen) atoms. The van der Waals surface area contributed by atoms with Crippen molar-refractivity contribution < 1.29 is 78.7 Å². The fourth-order valence-electron chi connectivity index (χ4n) is 7.45. The van der Waals surface area contributed by atoms with Crippen molar-refractivity contribution >= 4 is 87.7 Å². The Labute approximate surface area is 484 Å². The molecule has 0 fully saturated rings. The van der Waals surface area contributed by atoms with Gasteiger partial charge in [-0.15, -0.1) is 23.1 Å². The molecule has 0 bridgehead atoms. The van der Waals surface area contributed by atoms with Gasteiger partial charge < -0.3 is 45.6 Å². The van der Waals surface area contributed by atoms with Crippen LogP contribution in [0, 0.1) is 36.9 Å². The number of fused-ring (bicyclic) bond motifs is 1. The summed E-state index contributed by atoms with van der Waals surface area (Å²) in [6.45, 7) is 9.59. The molecule has 0 radical (unpaired) electrons. The van der Waals surface area contributed by atoms with Crippen LogP contribution >= 0.6 is 46.3 Å². The molecular weight excluding hydrogens is 1130 g/mol. The van der Waals surface area contributed by atoms with Gasteiger partial charge in [-0.25, -0.2) is 23.6 Å². The van der Waals surface area contributed by atoms with E-state index in [1.165, 1.54) is 54.5 Å². The number of aromatic hydroxyl groups is 2. The summed E-state index contributed by atoms with van der Waals surface area (Å²) in [4.78, 5) is 65.6. The lowest BCUT2D eigenvalue weighted by molar-refractivity contribution is -0.140. The van der Waals surface area contributed by atoms with E-state index in [1.54, 1.807) is 23.6 Å². The number of hydrogen-bond donors (Lipinski definition) is 8. The number of phenols is 2. The number of carboxylic acids is 6. The lowest BCUT2D eigenvalue weighted by atomic mass is 9.89. The first-order chi connectivity index (χ1) is 38.2. The highest BCUT2D eigenvalue weighted by Gasteiger charge is 2.25. The molecule has 0 saturated heterocycles. The van der Waals surface area contributed by atoms with Gasteiger partial charge in [0.15, 0.2) is 0 Å². The molecule has 7 aromatic rings. The van der Waals surface area contributed by atoms with Gasteiger partial charge >= 0.3 is 35.8 Å². The molecule has 0 amide bonds. The maximum atomic E-state index is 12.8. The van der Waals surface area contributed by atoms with E-state index in [1.807, 2.05) is 113 Å². The molecule has 8 rings (SSSR count). The second-order valence-electron chi connectivity index (χ2n) is 17.6. The summed E-state index contributed by atoms with van der Waals surface area (Å²) < 4.78 is 17.5. The van der Waals surface area contributed by atoms with Gasteiger partial charge in [0.2, 0.25) is 0 Å². The molecule has 6 aromatic carbocycles. The van der Waals surface area contributed by atoms with Crippen LogP contribution in [0.5, 0.6) is 17.2 Å². The number of nitriles is 1. The number of aromatic carboxylic acids is 3. The molecule has 1 aliphatic rings. The maximum Gasteiger partial charge on any atom is 0.347 e. The summed E-state index contributed by atoms with van der Waals surface area (Å²) in [6, 6.07) is 39.1. The summed E-state index contributed by atoms with van der Waals surface area (Å²) in [7, 11) is 1.38. The van der Waals surface area contributed by atoms with Crippen molar-refractivity contribution in [3.8, 4) is 23.3 Å². The van der Waals surface area contributed by atoms with E-state index >= 15 is 0 Å². The molecule has 1 aliphatic carbocycles. The van der Waals surface area contributed by atoms with E-state index < -0.39 is 59.2 Å². The van der Waals surface area contributed by atoms with Crippen LogP contribution in [-0.4, -0.2) is 89.5 Å². The second kappa shape index (κ2) is 32.4. The first kappa shape index (κ1) is 66.6. The molecule has 0 aliphatic heterocycles. The molecule has 21 heteroatoms. The number of phenolic OH excluding ortho intramolecular Hbond substituents is 1. The minimum Gasteiger partial charge on any atom is -0.508 e. The average molecular weight is 1190 g/mol. The quantitative estimate of drug-likeness (QED) is 0.0498. The molecule has 1 atom stereocenters. The Bertz CT molecular complexity index is 3350. The first-order valence-electron chi connectivity index (χ1n) is 23.9. The van der Waals surface area contributed by atoms with Gasteiger partial charge in [0.1, 0.15) is 39.4 Å². The molecule has 1 aromatic heterocycles. The Morgan fingerprint density at radius 3 is 1.67 bits per heavy atom. The van der Waals surface area contributed by atoms with Crippen LogP contribution in [0.1, 0.15) is 102 Å². The van der Waals surface area contributed by atoms with Crippen molar-refractivity contribution in [1.29, 1.82) is 5.26 Å². The number of benzene rings is 6. The molecule has 0 spiro atoms. The molecule has 16 nitrogen and oxygen atoms in total. The first-order valence-corrected chi connectivity index (χ1v) is 26.5. The zero-order valence-electron chi connectivity index (χ0n) is 44.3. The molecule has 0 saturated carbocycles. The smallest absolute Gasteiger partial charge is 0.347 e. The summed E-state index contributed by atoms with van der Waals surface area (Å²) in [5, 5.41) is 81.3. The third-order valence-corrected chi connectivity index (χ3v) is 14.0. The highest BCUT2D eigenvalue weighted by molar-refractivity contribution is 7.99. The third-order valence-electron chi connectivity index (χ3n) is 11.5. The summed E-state index contributed by atoms with van der Waals surface area (Å²) in [5.74, 6) is -7.48. The second-order valence-corrected chi connectivity index (χ2v) is 20.4. The van der Waals surface area contributed by atoms with Crippen molar-refractivity contribution in [2.45, 2.75) is 57.8 Å². The van der Waals surface area contributed by atoms with Crippen LogP contribution in [0.15, 0.2) is 149 Å². The van der Waals surface area contributed by atoms with Crippen LogP contribution in [0.2, 0.25) is 10.0 Å². The van der Waals surface area contributed by atoms with Crippen molar-refractivity contribution in [3.63, 3.8) is 0 Å². The van der Waals surface area contributed by atoms with Gasteiger partial charge in [-0.05, 0) is 108 Å². The number of ether oxygens (including phenoxy) is 1. The van der Waals surface area contributed by atoms with Gasteiger partial charge in [-0.3, -0.25) is 9.59 Å². The number of halogens is 3. The number of methoxy groups -OCH3 is 1. The van der Waals surface area contributed by atoms with Gasteiger partial charge in [0, 0.05) is 28.0 Å². The highest BCUT2D eigenvalue weighted by atomic mass is 35.5. The van der Waals surface area contributed by atoms with Crippen LogP contribution in [0.4, 0.5) is 4.39 Å². The van der Waals surface area contributed by atoms with E-state index in [-0.39, 0.29) is 38.6 Å². The predicted molar refractivity (Wildman–Crippen MR) is 308 cm³/mol. The zero-order valence-corrected chi connectivity index (χ0v) is 47.4. The molecule has 424 valence electrons. The maximum absolute atomic E-state index is 12.8. The van der Waals surface area contributed by atoms with Crippen molar-refractivity contribution in [1.82, 2.24) is 0 Å². The Balaban J connectivity index is 0.000000257. The Kier molecular flexibility index (Phi) is 26.7. The highest BCUT2D eigenvalue weighted by Crippen LogP contribution is 2.33. The average Bonchev–Trinajstić information content (AvgIpc) is 4.04. The van der Waals surface area contributed by atoms with E-state index in [0.29, 0.717) is 27.5 Å². The van der Waals surface area contributed by atoms with Gasteiger partial charge in [0.25, 0.3) is 0 Å². The lowest BCUT2D eigenvalue weighted by Gasteiger charge is -2.16. The van der Waals surface area contributed by atoms with Crippen LogP contribution in [0.3, 0.4) is 0 Å². The number of thiophene rings is 1. The van der Waals surface area contributed by atoms with Crippen LogP contribution in [-0.2, 0) is 20.8 Å². The van der Waals surface area contributed by atoms with Crippen molar-refractivity contribution in [3.05, 3.63) is 215 Å². The minimum absolute atomic E-state index is 0.0389. The number of aliphatic carboxylic acids is 3. The number of thioether (sulfide) groups is 1. The summed E-state index contributed by atoms with van der Waals surface area (Å²) in [6.07, 6.45) is 0.567. The van der Waals surface area contributed by atoms with E-state index in [9.17, 15) is 38.3 Å². The van der Waals surface area contributed by atoms with Crippen molar-refractivity contribution in [2.24, 2.45) is 5.92 Å². The fraction of sp³-hybridized carbons (Fsp3) is 0.183. The Morgan fingerprint density at radius 2 is 1.22 bits per heavy atom. The number of hydrogen-bond acceptors (Lipinski definition) is 12. The van der Waals surface area contributed by atoms with Crippen LogP contribution in [0.25, 0.3) is 5.57 Å². The predicted octanol–water partition coefficient (Wildman–Crippen LogP) is 13.8. The van der Waals surface area contributed by atoms with E-state index in [0.717, 1.165) is 62.7 Å². The van der Waals surface area contributed by atoms with Gasteiger partial charge in [-0.1, -0.05) is 133 Å². The normalized spacial score (nSPS) is 11.1. The third kappa shape index (κ3) is 20.5. The minimum atomic E-state index is -1.28. The largest absolute Gasteiger partial charge is 0.508 e. The topological polar surface area (TPSA) is 297 Å². The van der Waals surface area contributed by atoms with E-state index in [4.69, 9.17) is 68.9 Å². The summed E-state index contributed by atoms with van der Waals surface area (Å²) in [5.41, 5.74) is 7.61. The molecule has 8 N–H and O–H groups in total. The standard InChI is InChI=1S/C16H16O2.C11H14O3.C11H10O2.C8H7FO3.C7H4Cl2O3.C7H5NO2S2/c1-11-3-7-13(8-4-11)15(16(17)18)14-9-5-12(2)6-10-14;1-7(2)10(11(13)14)8-3-5-9(12)6-4-8;1-7-9-5-3-2-4-8(9)6-10(7)11(12)13;1-12-5-2-3-6(8(10)11)7(9)4-5;8-3-1-4(7(11)12)6(10)5(9)2-3;8-2-4-11-5-1-3-12-6(5)7(9)10/h3-10,15H,1-2H3,(H,17,18);3-7,10,12H,1-2H3,(H,13,14);2-5H,6H2,1H3,(H,12,13);2-4H,1H3,(H,10,11);1-2,10H,(H,11,12);1,3H,4H2,(H,9,10). The Hall–Kier alpha value is -8.67. The fourth-order valence-corrected chi connectivity index (χ4v) is 9.58. The number of allylic oxidation sites excluding steroid dienone is 1. The van der Waals surface area contributed by atoms with Gasteiger partial charge in [0.05, 0.1) is 35.4 Å². The SMILES string of the molecule is CC(C)C(C(=O)O)c1ccc(O)cc1.CC1=C(C(=O)O)Cc2ccccc21.COc1ccc(C(=O)O)c(F)c1.Cc1ccc(C(C(=O)O)c2ccc(C)cc2)cc1.N#CCSc1ccsc1C(=O)O.O=C(O)c1cc(Cl)cc(Cl)c1O. The van der Waals surface area contributed by atoms with E-state index in [2.05, 4.69) is 0 Å². The number of carboxylic acid groups (broad SMARTS) is 6. The summed E-state index contributed by atoms with van der Waals surface area (Å²) >= 11 is 13.4.